The van der Waals surface area contributed by atoms with E-state index in [9.17, 15) is 23.2 Å². The van der Waals surface area contributed by atoms with Crippen molar-refractivity contribution in [1.29, 1.82) is 0 Å². The van der Waals surface area contributed by atoms with E-state index in [1.54, 1.807) is 12.1 Å². The van der Waals surface area contributed by atoms with Gasteiger partial charge in [0.2, 0.25) is 5.83 Å². The second kappa shape index (κ2) is 6.46. The van der Waals surface area contributed by atoms with Crippen LogP contribution in [-0.4, -0.2) is 36.3 Å². The molecule has 0 saturated carbocycles. The van der Waals surface area contributed by atoms with Gasteiger partial charge in [-0.15, -0.1) is 0 Å². The van der Waals surface area contributed by atoms with E-state index in [1.807, 2.05) is 0 Å². The quantitative estimate of drug-likeness (QED) is 0.476. The summed E-state index contributed by atoms with van der Waals surface area (Å²) in [6.07, 6.45) is -0.407. The maximum absolute atomic E-state index is 13.4. The van der Waals surface area contributed by atoms with Gasteiger partial charge in [0.25, 0.3) is 11.8 Å². The largest absolute Gasteiger partial charge is 0.464 e. The van der Waals surface area contributed by atoms with Crippen LogP contribution in [0.15, 0.2) is 35.9 Å². The van der Waals surface area contributed by atoms with E-state index in [4.69, 9.17) is 0 Å². The molecule has 7 heteroatoms. The number of hydrogen-bond acceptors (Lipinski definition) is 4. The molecule has 0 atom stereocenters. The van der Waals surface area contributed by atoms with Crippen LogP contribution in [0.3, 0.4) is 0 Å². The molecule has 1 aromatic rings. The highest BCUT2D eigenvalue weighted by atomic mass is 19.2. The average Bonchev–Trinajstić information content (AvgIpc) is 2.78. The van der Waals surface area contributed by atoms with Crippen LogP contribution >= 0.6 is 0 Å². The van der Waals surface area contributed by atoms with E-state index in [1.165, 1.54) is 12.1 Å². The number of imide groups is 1. The maximum Gasteiger partial charge on any atom is 0.369 e. The van der Waals surface area contributed by atoms with E-state index in [0.29, 0.717) is 11.1 Å². The van der Waals surface area contributed by atoms with Crippen LogP contribution < -0.4 is 0 Å². The van der Waals surface area contributed by atoms with Gasteiger partial charge in [-0.3, -0.25) is 14.5 Å². The van der Waals surface area contributed by atoms with Gasteiger partial charge in [-0.05, 0) is 18.6 Å². The first-order chi connectivity index (χ1) is 10.5. The van der Waals surface area contributed by atoms with Gasteiger partial charge in [0.1, 0.15) is 5.83 Å². The Hall–Kier alpha value is -2.57. The molecule has 0 aromatic heterocycles. The van der Waals surface area contributed by atoms with Gasteiger partial charge < -0.3 is 4.74 Å². The van der Waals surface area contributed by atoms with E-state index < -0.39 is 35.9 Å². The molecule has 0 radical (unpaired) electrons. The number of fused-ring (bicyclic) bond motifs is 1. The van der Waals surface area contributed by atoms with E-state index in [0.717, 1.165) is 12.0 Å². The number of carbonyl (C=O) groups excluding carboxylic acids is 3. The summed E-state index contributed by atoms with van der Waals surface area (Å²) in [7, 11) is 0.938. The number of ether oxygens (including phenoxy) is 1. The van der Waals surface area contributed by atoms with Gasteiger partial charge in [0.05, 0.1) is 18.2 Å². The summed E-state index contributed by atoms with van der Waals surface area (Å²) in [4.78, 5) is 35.8. The highest BCUT2D eigenvalue weighted by Crippen LogP contribution is 2.23. The van der Waals surface area contributed by atoms with Crippen LogP contribution in [0.2, 0.25) is 0 Å². The number of rotatable bonds is 5. The lowest BCUT2D eigenvalue weighted by Gasteiger charge is -2.13. The Labute approximate surface area is 125 Å². The van der Waals surface area contributed by atoms with Crippen LogP contribution in [0.25, 0.3) is 0 Å². The number of hydrogen-bond donors (Lipinski definition) is 0. The summed E-state index contributed by atoms with van der Waals surface area (Å²) in [6, 6.07) is 6.35. The van der Waals surface area contributed by atoms with Crippen molar-refractivity contribution in [2.45, 2.75) is 12.8 Å². The minimum Gasteiger partial charge on any atom is -0.464 e. The first-order valence-corrected chi connectivity index (χ1v) is 6.55. The van der Waals surface area contributed by atoms with Gasteiger partial charge in [0, 0.05) is 13.0 Å². The summed E-state index contributed by atoms with van der Waals surface area (Å²) in [5.41, 5.74) is 0.591. The molecule has 2 rings (SSSR count). The summed E-state index contributed by atoms with van der Waals surface area (Å²) >= 11 is 0. The van der Waals surface area contributed by atoms with Crippen molar-refractivity contribution in [3.63, 3.8) is 0 Å². The number of allylic oxidation sites excluding steroid dienone is 1. The molecular weight excluding hydrogens is 296 g/mol. The fourth-order valence-electron chi connectivity index (χ4n) is 2.14. The van der Waals surface area contributed by atoms with Gasteiger partial charge >= 0.3 is 5.97 Å². The molecule has 0 spiro atoms. The maximum atomic E-state index is 13.4. The molecule has 1 aliphatic heterocycles. The van der Waals surface area contributed by atoms with Crippen molar-refractivity contribution in [2.24, 2.45) is 0 Å². The molecule has 1 aromatic carbocycles. The normalized spacial score (nSPS) is 14.8. The highest BCUT2D eigenvalue weighted by molar-refractivity contribution is 6.21. The zero-order valence-corrected chi connectivity index (χ0v) is 11.8. The molecular formula is C15H13F2NO4. The van der Waals surface area contributed by atoms with E-state index in [2.05, 4.69) is 4.74 Å². The lowest BCUT2D eigenvalue weighted by molar-refractivity contribution is -0.138. The Balaban J connectivity index is 1.98. The Bertz CT molecular complexity index is 634. The van der Waals surface area contributed by atoms with Gasteiger partial charge in [0.15, 0.2) is 0 Å². The van der Waals surface area contributed by atoms with Crippen molar-refractivity contribution >= 4 is 17.8 Å². The Kier molecular flexibility index (Phi) is 4.65. The highest BCUT2D eigenvalue weighted by Gasteiger charge is 2.34. The van der Waals surface area contributed by atoms with E-state index in [-0.39, 0.29) is 13.0 Å². The molecule has 0 saturated heterocycles. The minimum atomic E-state index is -1.59. The topological polar surface area (TPSA) is 63.7 Å². The van der Waals surface area contributed by atoms with Crippen LogP contribution in [0.1, 0.15) is 33.6 Å². The van der Waals surface area contributed by atoms with Gasteiger partial charge in [-0.1, -0.05) is 12.1 Å². The number of nitrogens with zero attached hydrogens (tertiary/aromatic N) is 1. The van der Waals surface area contributed by atoms with E-state index >= 15 is 0 Å². The number of amides is 2. The molecule has 116 valence electrons. The number of carbonyl (C=O) groups is 3. The third-order valence-corrected chi connectivity index (χ3v) is 3.26. The van der Waals surface area contributed by atoms with Crippen molar-refractivity contribution in [1.82, 2.24) is 4.90 Å². The third kappa shape index (κ3) is 2.88. The first kappa shape index (κ1) is 15.8. The second-order valence-electron chi connectivity index (χ2n) is 4.62. The standard InChI is InChI=1S/C15H13F2NO4/c1-22-15(21)12(17)11(16)7-4-8-18-13(19)9-5-2-3-6-10(9)14(18)20/h2-3,5-6H,4,7-8H2,1H3/b12-11+. The van der Waals surface area contributed by atoms with Crippen molar-refractivity contribution in [2.75, 3.05) is 13.7 Å². The summed E-state index contributed by atoms with van der Waals surface area (Å²) in [6.45, 7) is -0.0613. The predicted octanol–water partition coefficient (Wildman–Crippen LogP) is 2.39. The molecule has 0 unspecified atom stereocenters. The number of esters is 1. The summed E-state index contributed by atoms with van der Waals surface area (Å²) < 4.78 is 30.6. The fourth-order valence-corrected chi connectivity index (χ4v) is 2.14. The molecule has 5 nitrogen and oxygen atoms in total. The second-order valence-corrected chi connectivity index (χ2v) is 4.62. The zero-order valence-electron chi connectivity index (χ0n) is 11.8. The Morgan fingerprint density at radius 2 is 1.68 bits per heavy atom. The monoisotopic (exact) mass is 309 g/mol. The Morgan fingerprint density at radius 1 is 1.14 bits per heavy atom. The van der Waals surface area contributed by atoms with Crippen LogP contribution in [0, 0.1) is 0 Å². The average molecular weight is 309 g/mol. The van der Waals surface area contributed by atoms with Gasteiger partial charge in [-0.25, -0.2) is 9.18 Å². The molecule has 0 fully saturated rings. The summed E-state index contributed by atoms with van der Waals surface area (Å²) in [5.74, 6) is -5.16. The van der Waals surface area contributed by atoms with Crippen molar-refractivity contribution < 1.29 is 27.9 Å². The van der Waals surface area contributed by atoms with Gasteiger partial charge in [-0.2, -0.15) is 4.39 Å². The molecule has 0 bridgehead atoms. The molecule has 1 heterocycles. The number of halogens is 2. The predicted molar refractivity (Wildman–Crippen MR) is 72.3 cm³/mol. The lowest BCUT2D eigenvalue weighted by atomic mass is 10.1. The summed E-state index contributed by atoms with van der Waals surface area (Å²) in [5, 5.41) is 0. The minimum absolute atomic E-state index is 0.00170. The Morgan fingerprint density at radius 3 is 2.18 bits per heavy atom. The van der Waals surface area contributed by atoms with Crippen LogP contribution in [0.4, 0.5) is 8.78 Å². The number of methoxy groups -OCH3 is 1. The van der Waals surface area contributed by atoms with Crippen molar-refractivity contribution in [3.05, 3.63) is 47.0 Å². The zero-order chi connectivity index (χ0) is 16.3. The fraction of sp³-hybridized carbons (Fsp3) is 0.267. The first-order valence-electron chi connectivity index (χ1n) is 6.55. The number of benzene rings is 1. The molecule has 2 amide bonds. The molecule has 1 aliphatic rings. The molecule has 22 heavy (non-hydrogen) atoms. The SMILES string of the molecule is COC(=O)/C(F)=C(\F)CCCN1C(=O)c2ccccc2C1=O. The molecule has 0 aliphatic carbocycles. The molecule has 0 N–H and O–H groups in total. The van der Waals surface area contributed by atoms with Crippen molar-refractivity contribution in [3.8, 4) is 0 Å². The smallest absolute Gasteiger partial charge is 0.369 e. The van der Waals surface area contributed by atoms with Crippen LogP contribution in [0.5, 0.6) is 0 Å². The third-order valence-electron chi connectivity index (χ3n) is 3.26. The van der Waals surface area contributed by atoms with Crippen LogP contribution in [-0.2, 0) is 9.53 Å². The lowest BCUT2D eigenvalue weighted by Crippen LogP contribution is -2.30.